The van der Waals surface area contributed by atoms with Gasteiger partial charge in [0.1, 0.15) is 34.2 Å². The highest BCUT2D eigenvalue weighted by Gasteiger charge is 2.51. The number of aromatic hydroxyl groups is 2. The molecule has 16 heteroatoms. The zero-order valence-electron chi connectivity index (χ0n) is 29.7. The minimum Gasteiger partial charge on any atom is -0.507 e. The molecule has 2 aliphatic heterocycles. The van der Waals surface area contributed by atoms with Gasteiger partial charge in [0.2, 0.25) is 11.6 Å². The molecule has 2 fully saturated rings. The van der Waals surface area contributed by atoms with Crippen LogP contribution in [-0.4, -0.2) is 117 Å². The van der Waals surface area contributed by atoms with E-state index in [9.17, 15) is 53.9 Å². The Hall–Kier alpha value is -5.26. The molecule has 2 aliphatic carbocycles. The highest BCUT2D eigenvalue weighted by molar-refractivity contribution is 6.31. The van der Waals surface area contributed by atoms with Crippen molar-refractivity contribution < 1.29 is 72.8 Å². The fraction of sp³-hybridized carbons (Fsp3) is 0.410. The Morgan fingerprint density at radius 2 is 1.69 bits per heavy atom. The third-order valence-corrected chi connectivity index (χ3v) is 11.0. The average molecular weight is 764 g/mol. The lowest BCUT2D eigenvalue weighted by atomic mass is 9.72. The Morgan fingerprint density at radius 1 is 1.00 bits per heavy atom. The average Bonchev–Trinajstić information content (AvgIpc) is 3.70. The highest BCUT2D eigenvalue weighted by atomic mass is 19.1. The summed E-state index contributed by atoms with van der Waals surface area (Å²) in [5, 5.41) is 56.2. The number of ketones is 3. The first kappa shape index (κ1) is 38.0. The molecule has 3 aromatic rings. The Balaban J connectivity index is 1.28. The van der Waals surface area contributed by atoms with Gasteiger partial charge >= 0.3 is 11.9 Å². The maximum absolute atomic E-state index is 14.6. The number of fused-ring (bicyclic) bond motifs is 3. The summed E-state index contributed by atoms with van der Waals surface area (Å²) in [5.74, 6) is -8.74. The monoisotopic (exact) mass is 763 g/mol. The van der Waals surface area contributed by atoms with Crippen molar-refractivity contribution in [2.45, 2.75) is 75.3 Å². The number of aliphatic hydroxyl groups is 2. The number of carbonyl (C=O) groups excluding carboxylic acids is 4. The number of carboxylic acids is 1. The summed E-state index contributed by atoms with van der Waals surface area (Å²) in [6, 6.07) is 6.73. The number of carboxylic acid groups (broad SMARTS) is 1. The largest absolute Gasteiger partial charge is 0.507 e. The van der Waals surface area contributed by atoms with Gasteiger partial charge in [-0.05, 0) is 51.1 Å². The quantitative estimate of drug-likeness (QED) is 0.122. The van der Waals surface area contributed by atoms with E-state index in [4.69, 9.17) is 18.9 Å². The van der Waals surface area contributed by atoms with E-state index in [1.165, 1.54) is 25.3 Å². The van der Waals surface area contributed by atoms with Crippen molar-refractivity contribution in [3.05, 3.63) is 86.7 Å². The third kappa shape index (κ3) is 6.42. The number of methoxy groups -OCH3 is 1. The molecule has 3 aromatic carbocycles. The molecule has 6 atom stereocenters. The van der Waals surface area contributed by atoms with E-state index in [1.54, 1.807) is 6.92 Å². The number of phenolic OH excluding ortho intramolecular Hbond substituents is 2. The number of nitrogens with zero attached hydrogens (tertiary/aromatic N) is 1. The Kier molecular flexibility index (Phi) is 9.98. The number of rotatable bonds is 9. The maximum atomic E-state index is 14.6. The molecule has 0 amide bonds. The van der Waals surface area contributed by atoms with Crippen molar-refractivity contribution in [2.75, 3.05) is 26.8 Å². The summed E-state index contributed by atoms with van der Waals surface area (Å²) >= 11 is 0. The number of Topliss-reactive ketones (excluding diaryl/α,β-unsaturated/α-hetero) is 1. The lowest BCUT2D eigenvalue weighted by Gasteiger charge is -2.44. The van der Waals surface area contributed by atoms with Crippen LogP contribution in [0.5, 0.6) is 17.2 Å². The number of carbonyl (C=O) groups is 5. The predicted octanol–water partition coefficient (Wildman–Crippen LogP) is 2.84. The smallest absolute Gasteiger partial charge is 0.342 e. The molecule has 2 heterocycles. The normalized spacial score (nSPS) is 26.2. The van der Waals surface area contributed by atoms with E-state index < -0.39 is 125 Å². The molecule has 0 spiro atoms. The second-order valence-corrected chi connectivity index (χ2v) is 14.2. The molecular weight excluding hydrogens is 725 g/mol. The van der Waals surface area contributed by atoms with E-state index in [1.807, 2.05) is 0 Å². The van der Waals surface area contributed by atoms with Crippen molar-refractivity contribution in [1.29, 1.82) is 0 Å². The number of esters is 1. The minimum atomic E-state index is -2.54. The zero-order valence-corrected chi connectivity index (χ0v) is 29.7. The van der Waals surface area contributed by atoms with Gasteiger partial charge in [0.25, 0.3) is 0 Å². The van der Waals surface area contributed by atoms with Gasteiger partial charge in [-0.25, -0.2) is 14.0 Å². The Bertz CT molecular complexity index is 2130. The van der Waals surface area contributed by atoms with Crippen LogP contribution in [0.25, 0.3) is 0 Å². The fourth-order valence-electron chi connectivity index (χ4n) is 8.23. The van der Waals surface area contributed by atoms with Crippen molar-refractivity contribution in [1.82, 2.24) is 4.90 Å². The molecule has 0 unspecified atom stereocenters. The third-order valence-electron chi connectivity index (χ3n) is 11.0. The zero-order chi connectivity index (χ0) is 39.5. The van der Waals surface area contributed by atoms with Crippen LogP contribution in [0.2, 0.25) is 0 Å². The van der Waals surface area contributed by atoms with Crippen LogP contribution in [0.15, 0.2) is 36.4 Å². The van der Waals surface area contributed by atoms with Crippen molar-refractivity contribution in [3.63, 3.8) is 0 Å². The number of likely N-dealkylation sites (tertiary alicyclic amines) is 1. The van der Waals surface area contributed by atoms with E-state index in [-0.39, 0.29) is 34.4 Å². The van der Waals surface area contributed by atoms with Gasteiger partial charge in [-0.15, -0.1) is 0 Å². The summed E-state index contributed by atoms with van der Waals surface area (Å²) in [4.78, 5) is 68.4. The Labute approximate surface area is 312 Å². The first-order valence-electron chi connectivity index (χ1n) is 17.7. The molecule has 2 saturated heterocycles. The first-order chi connectivity index (χ1) is 26.2. The first-order valence-corrected chi connectivity index (χ1v) is 17.7. The van der Waals surface area contributed by atoms with Gasteiger partial charge in [0.05, 0.1) is 47.7 Å². The molecule has 55 heavy (non-hydrogen) atoms. The predicted molar refractivity (Wildman–Crippen MR) is 185 cm³/mol. The van der Waals surface area contributed by atoms with Gasteiger partial charge in [-0.1, -0.05) is 18.2 Å². The topological polar surface area (TPSA) is 227 Å². The van der Waals surface area contributed by atoms with E-state index in [0.29, 0.717) is 0 Å². The van der Waals surface area contributed by atoms with Crippen LogP contribution in [0, 0.1) is 5.82 Å². The minimum absolute atomic E-state index is 0.0439. The molecular formula is C39H38FNO14. The van der Waals surface area contributed by atoms with Gasteiger partial charge in [0.15, 0.2) is 18.7 Å². The lowest BCUT2D eigenvalue weighted by molar-refractivity contribution is -0.257. The number of hydrogen-bond acceptors (Lipinski definition) is 14. The molecule has 0 saturated carbocycles. The van der Waals surface area contributed by atoms with Gasteiger partial charge in [-0.2, -0.15) is 0 Å². The van der Waals surface area contributed by atoms with E-state index in [2.05, 4.69) is 4.90 Å². The summed E-state index contributed by atoms with van der Waals surface area (Å²) < 4.78 is 37.3. The van der Waals surface area contributed by atoms with Crippen LogP contribution in [0.3, 0.4) is 0 Å². The number of phenols is 2. The van der Waals surface area contributed by atoms with Crippen LogP contribution in [0.4, 0.5) is 4.39 Å². The molecule has 15 nitrogen and oxygen atoms in total. The highest BCUT2D eigenvalue weighted by Crippen LogP contribution is 2.52. The number of aromatic carboxylic acids is 1. The van der Waals surface area contributed by atoms with Crippen LogP contribution < -0.4 is 4.74 Å². The Morgan fingerprint density at radius 3 is 2.38 bits per heavy atom. The van der Waals surface area contributed by atoms with Crippen molar-refractivity contribution >= 4 is 29.3 Å². The van der Waals surface area contributed by atoms with Crippen LogP contribution >= 0.6 is 0 Å². The van der Waals surface area contributed by atoms with Crippen LogP contribution in [0.1, 0.15) is 102 Å². The van der Waals surface area contributed by atoms with Gasteiger partial charge in [-0.3, -0.25) is 19.3 Å². The van der Waals surface area contributed by atoms with Gasteiger partial charge in [0, 0.05) is 42.0 Å². The second kappa shape index (κ2) is 14.4. The number of aliphatic hydroxyl groups excluding tert-OH is 1. The fourth-order valence-corrected chi connectivity index (χ4v) is 8.23. The van der Waals surface area contributed by atoms with Crippen LogP contribution in [-0.2, 0) is 25.4 Å². The molecule has 0 radical (unpaired) electrons. The molecule has 0 aromatic heterocycles. The van der Waals surface area contributed by atoms with E-state index in [0.717, 1.165) is 44.1 Å². The summed E-state index contributed by atoms with van der Waals surface area (Å²) in [7, 11) is 1.30. The molecule has 0 bridgehead atoms. The lowest BCUT2D eigenvalue weighted by Crippen LogP contribution is -2.55. The summed E-state index contributed by atoms with van der Waals surface area (Å²) in [6.45, 7) is 1.91. The second-order valence-electron chi connectivity index (χ2n) is 14.2. The summed E-state index contributed by atoms with van der Waals surface area (Å²) in [6.07, 6.45) is -3.70. The SMILES string of the molecule is COc1cccc2c1C(=O)c1c(O)c3c(c(O)c1C2=O)C[C@@](O)(C(=O)COC(=O)c1c(F)cccc1C(=O)O)C[C@@H]3O[C@H]1C[C@H](N2CCCC2)[C@H](O)[C@H](C)O1. The van der Waals surface area contributed by atoms with E-state index >= 15 is 0 Å². The number of halogens is 1. The number of benzene rings is 3. The summed E-state index contributed by atoms with van der Waals surface area (Å²) in [5.41, 5.74) is -6.13. The molecule has 290 valence electrons. The van der Waals surface area contributed by atoms with Crippen molar-refractivity contribution in [2.24, 2.45) is 0 Å². The standard InChI is InChI=1S/C39H38FNO14/c1-17-32(43)22(41-11-3-4-12-41)13-26(54-17)55-24-15-39(51,25(42)16-53-38(50)27-19(37(48)49)8-5-9-21(27)40)14-20-29(24)36(47)31-30(34(20)45)33(44)18-7-6-10-23(52-2)28(18)35(31)46/h5-10,17,22,24,26,32,43,45,47,51H,3-4,11-16H2,1-2H3,(H,48,49)/t17-,22-,24-,26-,32+,39-/m0/s1. The van der Waals surface area contributed by atoms with Gasteiger partial charge < -0.3 is 44.5 Å². The molecule has 7 rings (SSSR count). The number of ether oxygens (including phenoxy) is 4. The maximum Gasteiger partial charge on any atom is 0.342 e. The molecule has 4 aliphatic rings. The molecule has 5 N–H and O–H groups in total. The van der Waals surface area contributed by atoms with Crippen molar-refractivity contribution in [3.8, 4) is 17.2 Å². The number of hydrogen-bond donors (Lipinski definition) is 5.